The summed E-state index contributed by atoms with van der Waals surface area (Å²) in [6.07, 6.45) is 0. The van der Waals surface area contributed by atoms with Crippen LogP contribution in [-0.4, -0.2) is 28.0 Å². The summed E-state index contributed by atoms with van der Waals surface area (Å²) in [5.74, 6) is -1.35. The molecule has 9 heteroatoms. The summed E-state index contributed by atoms with van der Waals surface area (Å²) in [5.41, 5.74) is 0.710. The zero-order valence-corrected chi connectivity index (χ0v) is 14.5. The van der Waals surface area contributed by atoms with E-state index in [-0.39, 0.29) is 17.3 Å². The van der Waals surface area contributed by atoms with Gasteiger partial charge in [0.2, 0.25) is 10.0 Å². The van der Waals surface area contributed by atoms with Gasteiger partial charge in [-0.15, -0.1) is 0 Å². The lowest BCUT2D eigenvalue weighted by atomic mass is 10.2. The molecular weight excluding hydrogens is 363 g/mol. The lowest BCUT2D eigenvalue weighted by Crippen LogP contribution is -2.30. The van der Waals surface area contributed by atoms with Crippen LogP contribution in [0.2, 0.25) is 0 Å². The third kappa shape index (κ3) is 5.02. The second-order valence-corrected chi connectivity index (χ2v) is 6.86. The number of nitriles is 1. The smallest absolute Gasteiger partial charge is 0.321 e. The molecule has 0 atom stereocenters. The lowest BCUT2D eigenvalue weighted by molar-refractivity contribution is -0.143. The molecule has 136 valence electrons. The van der Waals surface area contributed by atoms with Crippen LogP contribution < -0.4 is 9.46 Å². The van der Waals surface area contributed by atoms with Crippen LogP contribution >= 0.6 is 0 Å². The van der Waals surface area contributed by atoms with E-state index in [9.17, 15) is 17.6 Å². The van der Waals surface area contributed by atoms with Crippen molar-refractivity contribution >= 4 is 16.0 Å². The minimum absolute atomic E-state index is 0.0650. The topological polar surface area (TPSA) is 105 Å². The SMILES string of the molecule is COc1ccc(COC(=O)CNS(=O)(=O)c2ccc(C#N)cc2)cc1F. The number of hydrogen-bond acceptors (Lipinski definition) is 6. The number of nitrogens with one attached hydrogen (secondary N) is 1. The molecule has 26 heavy (non-hydrogen) atoms. The maximum atomic E-state index is 13.5. The summed E-state index contributed by atoms with van der Waals surface area (Å²) in [4.78, 5) is 11.6. The first-order chi connectivity index (χ1) is 12.4. The molecule has 0 bridgehead atoms. The van der Waals surface area contributed by atoms with Gasteiger partial charge in [0, 0.05) is 0 Å². The first-order valence-corrected chi connectivity index (χ1v) is 8.82. The number of sulfonamides is 1. The molecule has 0 saturated carbocycles. The van der Waals surface area contributed by atoms with Gasteiger partial charge in [-0.05, 0) is 42.0 Å². The highest BCUT2D eigenvalue weighted by molar-refractivity contribution is 7.89. The quantitative estimate of drug-likeness (QED) is 0.736. The average molecular weight is 378 g/mol. The Kier molecular flexibility index (Phi) is 6.27. The molecule has 1 N–H and O–H groups in total. The molecule has 2 rings (SSSR count). The van der Waals surface area contributed by atoms with Gasteiger partial charge in [0.25, 0.3) is 0 Å². The first-order valence-electron chi connectivity index (χ1n) is 7.33. The Labute approximate surface area is 150 Å². The predicted molar refractivity (Wildman–Crippen MR) is 89.1 cm³/mol. The number of carbonyl (C=O) groups is 1. The number of nitrogens with zero attached hydrogens (tertiary/aromatic N) is 1. The van der Waals surface area contributed by atoms with Gasteiger partial charge in [0.1, 0.15) is 13.2 Å². The predicted octanol–water partition coefficient (Wildman–Crippen LogP) is 1.73. The number of benzene rings is 2. The van der Waals surface area contributed by atoms with E-state index in [0.717, 1.165) is 6.07 Å². The largest absolute Gasteiger partial charge is 0.494 e. The van der Waals surface area contributed by atoms with Gasteiger partial charge in [-0.25, -0.2) is 12.8 Å². The van der Waals surface area contributed by atoms with E-state index in [2.05, 4.69) is 4.72 Å². The second-order valence-electron chi connectivity index (χ2n) is 5.09. The molecule has 0 fully saturated rings. The van der Waals surface area contributed by atoms with Crippen LogP contribution in [0.1, 0.15) is 11.1 Å². The van der Waals surface area contributed by atoms with Crippen LogP contribution in [0.25, 0.3) is 0 Å². The molecule has 0 radical (unpaired) electrons. The number of halogens is 1. The van der Waals surface area contributed by atoms with Crippen molar-refractivity contribution < 1.29 is 27.1 Å². The number of carbonyl (C=O) groups excluding carboxylic acids is 1. The molecule has 0 heterocycles. The Hall–Kier alpha value is -2.96. The van der Waals surface area contributed by atoms with Crippen molar-refractivity contribution in [2.45, 2.75) is 11.5 Å². The molecular formula is C17H15FN2O5S. The van der Waals surface area contributed by atoms with Gasteiger partial charge in [0.15, 0.2) is 11.6 Å². The third-order valence-electron chi connectivity index (χ3n) is 3.32. The Bertz CT molecular complexity index is 937. The van der Waals surface area contributed by atoms with Crippen molar-refractivity contribution in [1.29, 1.82) is 5.26 Å². The lowest BCUT2D eigenvalue weighted by Gasteiger charge is -2.08. The minimum Gasteiger partial charge on any atom is -0.494 e. The van der Waals surface area contributed by atoms with Gasteiger partial charge in [-0.1, -0.05) is 6.07 Å². The summed E-state index contributed by atoms with van der Waals surface area (Å²) in [6, 6.07) is 11.2. The second kappa shape index (κ2) is 8.42. The van der Waals surface area contributed by atoms with E-state index in [1.54, 1.807) is 0 Å². The molecule has 0 unspecified atom stereocenters. The van der Waals surface area contributed by atoms with Crippen molar-refractivity contribution in [2.24, 2.45) is 0 Å². The van der Waals surface area contributed by atoms with Crippen molar-refractivity contribution in [1.82, 2.24) is 4.72 Å². The fourth-order valence-corrected chi connectivity index (χ4v) is 2.93. The van der Waals surface area contributed by atoms with Crippen LogP contribution in [0, 0.1) is 17.1 Å². The number of esters is 1. The maximum absolute atomic E-state index is 13.5. The molecule has 0 spiro atoms. The maximum Gasteiger partial charge on any atom is 0.321 e. The molecule has 0 aliphatic rings. The van der Waals surface area contributed by atoms with Gasteiger partial charge < -0.3 is 9.47 Å². The molecule has 0 aromatic heterocycles. The Morgan fingerprint density at radius 3 is 2.50 bits per heavy atom. The number of rotatable bonds is 7. The highest BCUT2D eigenvalue weighted by atomic mass is 32.2. The van der Waals surface area contributed by atoms with Crippen LogP contribution in [0.5, 0.6) is 5.75 Å². The molecule has 0 amide bonds. The van der Waals surface area contributed by atoms with Crippen molar-refractivity contribution in [3.63, 3.8) is 0 Å². The van der Waals surface area contributed by atoms with E-state index in [0.29, 0.717) is 11.1 Å². The summed E-state index contributed by atoms with van der Waals surface area (Å²) in [6.45, 7) is -0.792. The van der Waals surface area contributed by atoms with E-state index in [1.807, 2.05) is 6.07 Å². The fourth-order valence-electron chi connectivity index (χ4n) is 1.96. The minimum atomic E-state index is -3.92. The Morgan fingerprint density at radius 1 is 1.23 bits per heavy atom. The highest BCUT2D eigenvalue weighted by Crippen LogP contribution is 2.18. The summed E-state index contributed by atoms with van der Waals surface area (Å²) in [7, 11) is -2.58. The van der Waals surface area contributed by atoms with Crippen LogP contribution in [0.15, 0.2) is 47.4 Å². The highest BCUT2D eigenvalue weighted by Gasteiger charge is 2.16. The molecule has 7 nitrogen and oxygen atoms in total. The van der Waals surface area contributed by atoms with Gasteiger partial charge >= 0.3 is 5.97 Å². The standard InChI is InChI=1S/C17H15FN2O5S/c1-24-16-7-4-13(8-15(16)18)11-25-17(21)10-20-26(22,23)14-5-2-12(9-19)3-6-14/h2-8,20H,10-11H2,1H3. The van der Waals surface area contributed by atoms with E-state index >= 15 is 0 Å². The normalized spacial score (nSPS) is 10.8. The molecule has 2 aromatic rings. The van der Waals surface area contributed by atoms with E-state index < -0.39 is 28.4 Å². The monoisotopic (exact) mass is 378 g/mol. The van der Waals surface area contributed by atoms with Crippen molar-refractivity contribution in [3.8, 4) is 11.8 Å². The summed E-state index contributed by atoms with van der Waals surface area (Å²) < 4.78 is 49.5. The number of methoxy groups -OCH3 is 1. The summed E-state index contributed by atoms with van der Waals surface area (Å²) in [5, 5.41) is 8.70. The fraction of sp³-hybridized carbons (Fsp3) is 0.176. The van der Waals surface area contributed by atoms with E-state index in [4.69, 9.17) is 14.7 Å². The molecule has 0 saturated heterocycles. The molecule has 0 aliphatic heterocycles. The number of ether oxygens (including phenoxy) is 2. The average Bonchev–Trinajstić information content (AvgIpc) is 2.65. The molecule has 0 aliphatic carbocycles. The third-order valence-corrected chi connectivity index (χ3v) is 4.73. The zero-order valence-electron chi connectivity index (χ0n) is 13.7. The molecule has 2 aromatic carbocycles. The summed E-state index contributed by atoms with van der Waals surface area (Å²) >= 11 is 0. The zero-order chi connectivity index (χ0) is 19.2. The Balaban J connectivity index is 1.89. The van der Waals surface area contributed by atoms with Gasteiger partial charge in [-0.3, -0.25) is 4.79 Å². The Morgan fingerprint density at radius 2 is 1.92 bits per heavy atom. The first kappa shape index (κ1) is 19.4. The van der Waals surface area contributed by atoms with Crippen molar-refractivity contribution in [3.05, 3.63) is 59.4 Å². The van der Waals surface area contributed by atoms with Crippen LogP contribution in [0.3, 0.4) is 0 Å². The van der Waals surface area contributed by atoms with Crippen LogP contribution in [-0.2, 0) is 26.2 Å². The van der Waals surface area contributed by atoms with Gasteiger partial charge in [-0.2, -0.15) is 9.98 Å². The van der Waals surface area contributed by atoms with Crippen molar-refractivity contribution in [2.75, 3.05) is 13.7 Å². The van der Waals surface area contributed by atoms with Crippen LogP contribution in [0.4, 0.5) is 4.39 Å². The van der Waals surface area contributed by atoms with E-state index in [1.165, 1.54) is 43.5 Å². The van der Waals surface area contributed by atoms with Gasteiger partial charge in [0.05, 0.1) is 23.6 Å². The number of hydrogen-bond donors (Lipinski definition) is 1.